The van der Waals surface area contributed by atoms with Gasteiger partial charge in [-0.15, -0.1) is 0 Å². The summed E-state index contributed by atoms with van der Waals surface area (Å²) in [5.41, 5.74) is 0.603. The molecular weight excluding hydrogens is 208 g/mol. The van der Waals surface area contributed by atoms with Crippen LogP contribution in [0.3, 0.4) is 0 Å². The van der Waals surface area contributed by atoms with E-state index in [9.17, 15) is 0 Å². The van der Waals surface area contributed by atoms with Gasteiger partial charge in [-0.3, -0.25) is 5.32 Å². The van der Waals surface area contributed by atoms with Crippen LogP contribution in [0, 0.1) is 6.92 Å². The van der Waals surface area contributed by atoms with E-state index in [1.807, 2.05) is 6.92 Å². The van der Waals surface area contributed by atoms with Gasteiger partial charge in [-0.05, 0) is 13.8 Å². The van der Waals surface area contributed by atoms with Crippen molar-refractivity contribution in [1.82, 2.24) is 9.97 Å². The van der Waals surface area contributed by atoms with Gasteiger partial charge in [0.2, 0.25) is 0 Å². The molecule has 16 heavy (non-hydrogen) atoms. The molecule has 1 rings (SSSR count). The minimum Gasteiger partial charge on any atom is -0.468 e. The van der Waals surface area contributed by atoms with Gasteiger partial charge in [-0.25, -0.2) is 15.0 Å². The number of aromatic nitrogens is 2. The van der Waals surface area contributed by atoms with E-state index in [1.54, 1.807) is 13.1 Å². The number of rotatable bonds is 3. The van der Waals surface area contributed by atoms with Crippen molar-refractivity contribution in [3.05, 3.63) is 17.6 Å². The molecule has 0 fully saturated rings. The maximum atomic E-state index is 9.12. The molecule has 2 N–H and O–H groups in total. The van der Waals surface area contributed by atoms with E-state index in [-0.39, 0.29) is 6.61 Å². The van der Waals surface area contributed by atoms with Crippen molar-refractivity contribution in [2.24, 2.45) is 4.99 Å². The third-order valence-electron chi connectivity index (χ3n) is 1.88. The van der Waals surface area contributed by atoms with Crippen molar-refractivity contribution in [2.45, 2.75) is 20.5 Å². The number of aliphatic hydroxyl groups excluding tert-OH is 1. The standard InChI is InChI=1S/C10H16N4O2/c1-4-11-10(16-3)14-9-8(6-15)5-12-7(2)13-9/h5,15H,4,6H2,1-3H3,(H,11,12,13,14). The second-order valence-corrected chi connectivity index (χ2v) is 3.06. The van der Waals surface area contributed by atoms with Crippen LogP contribution in [-0.4, -0.2) is 34.8 Å². The fourth-order valence-corrected chi connectivity index (χ4v) is 1.12. The molecule has 0 aromatic carbocycles. The second-order valence-electron chi connectivity index (χ2n) is 3.06. The van der Waals surface area contributed by atoms with Gasteiger partial charge in [-0.1, -0.05) is 0 Å². The highest BCUT2D eigenvalue weighted by molar-refractivity contribution is 5.88. The lowest BCUT2D eigenvalue weighted by molar-refractivity contribution is 0.281. The smallest absolute Gasteiger partial charge is 0.290 e. The number of nitrogens with one attached hydrogen (secondary N) is 1. The van der Waals surface area contributed by atoms with E-state index in [2.05, 4.69) is 20.3 Å². The number of hydrogen-bond acceptors (Lipinski definition) is 5. The molecule has 0 aliphatic heterocycles. The minimum atomic E-state index is -0.133. The predicted octanol–water partition coefficient (Wildman–Crippen LogP) is 0.712. The Kier molecular flexibility index (Phi) is 4.65. The topological polar surface area (TPSA) is 79.6 Å². The van der Waals surface area contributed by atoms with Gasteiger partial charge in [0.05, 0.1) is 13.7 Å². The quantitative estimate of drug-likeness (QED) is 0.584. The van der Waals surface area contributed by atoms with Gasteiger partial charge in [0.1, 0.15) is 11.6 Å². The molecule has 0 spiro atoms. The molecule has 0 unspecified atom stereocenters. The maximum absolute atomic E-state index is 9.12. The third-order valence-corrected chi connectivity index (χ3v) is 1.88. The highest BCUT2D eigenvalue weighted by Crippen LogP contribution is 2.11. The van der Waals surface area contributed by atoms with E-state index in [4.69, 9.17) is 9.84 Å². The molecule has 6 nitrogen and oxygen atoms in total. The Morgan fingerprint density at radius 1 is 1.62 bits per heavy atom. The lowest BCUT2D eigenvalue weighted by Crippen LogP contribution is -2.17. The number of aliphatic hydroxyl groups is 1. The number of aliphatic imine (C=N–C) groups is 1. The van der Waals surface area contributed by atoms with Crippen molar-refractivity contribution in [3.8, 4) is 0 Å². The van der Waals surface area contributed by atoms with Crippen LogP contribution in [0.4, 0.5) is 5.82 Å². The van der Waals surface area contributed by atoms with Crippen molar-refractivity contribution in [3.63, 3.8) is 0 Å². The number of ether oxygens (including phenoxy) is 1. The van der Waals surface area contributed by atoms with Crippen LogP contribution < -0.4 is 5.32 Å². The first kappa shape index (κ1) is 12.4. The number of hydrogen-bond donors (Lipinski definition) is 2. The molecule has 0 radical (unpaired) electrons. The van der Waals surface area contributed by atoms with Gasteiger partial charge in [0, 0.05) is 18.3 Å². The van der Waals surface area contributed by atoms with Crippen LogP contribution >= 0.6 is 0 Å². The zero-order valence-corrected chi connectivity index (χ0v) is 9.69. The van der Waals surface area contributed by atoms with Crippen molar-refractivity contribution in [2.75, 3.05) is 19.0 Å². The van der Waals surface area contributed by atoms with Crippen LogP contribution in [-0.2, 0) is 11.3 Å². The number of methoxy groups -OCH3 is 1. The molecule has 0 aliphatic rings. The van der Waals surface area contributed by atoms with Gasteiger partial charge in [0.15, 0.2) is 0 Å². The Morgan fingerprint density at radius 2 is 2.38 bits per heavy atom. The van der Waals surface area contributed by atoms with Gasteiger partial charge >= 0.3 is 0 Å². The summed E-state index contributed by atoms with van der Waals surface area (Å²) in [5.74, 6) is 1.13. The molecular formula is C10H16N4O2. The molecule has 1 aromatic heterocycles. The van der Waals surface area contributed by atoms with Crippen molar-refractivity contribution >= 4 is 11.8 Å². The zero-order chi connectivity index (χ0) is 12.0. The molecule has 88 valence electrons. The molecule has 0 saturated heterocycles. The monoisotopic (exact) mass is 224 g/mol. The Labute approximate surface area is 94.4 Å². The normalized spacial score (nSPS) is 11.4. The number of aryl methyl sites for hydroxylation is 1. The summed E-state index contributed by atoms with van der Waals surface area (Å²) in [5, 5.41) is 12.0. The number of anilines is 1. The molecule has 1 heterocycles. The summed E-state index contributed by atoms with van der Waals surface area (Å²) in [6.45, 7) is 4.15. The van der Waals surface area contributed by atoms with Crippen LogP contribution in [0.2, 0.25) is 0 Å². The average Bonchev–Trinajstić information content (AvgIpc) is 2.29. The lowest BCUT2D eigenvalue weighted by Gasteiger charge is -2.10. The summed E-state index contributed by atoms with van der Waals surface area (Å²) >= 11 is 0. The molecule has 0 atom stereocenters. The molecule has 0 amide bonds. The fraction of sp³-hybridized carbons (Fsp3) is 0.500. The van der Waals surface area contributed by atoms with Crippen LogP contribution in [0.1, 0.15) is 18.3 Å². The van der Waals surface area contributed by atoms with Crippen LogP contribution in [0.5, 0.6) is 0 Å². The zero-order valence-electron chi connectivity index (χ0n) is 9.69. The van der Waals surface area contributed by atoms with Crippen LogP contribution in [0.15, 0.2) is 11.2 Å². The van der Waals surface area contributed by atoms with Gasteiger partial charge in [-0.2, -0.15) is 0 Å². The first-order chi connectivity index (χ1) is 7.71. The summed E-state index contributed by atoms with van der Waals surface area (Å²) in [4.78, 5) is 12.3. The Balaban J connectivity index is 2.94. The minimum absolute atomic E-state index is 0.133. The second kappa shape index (κ2) is 6.02. The van der Waals surface area contributed by atoms with E-state index >= 15 is 0 Å². The fourth-order valence-electron chi connectivity index (χ4n) is 1.12. The Bertz CT molecular complexity index is 379. The van der Waals surface area contributed by atoms with E-state index in [0.717, 1.165) is 0 Å². The van der Waals surface area contributed by atoms with Crippen LogP contribution in [0.25, 0.3) is 0 Å². The van der Waals surface area contributed by atoms with E-state index in [0.29, 0.717) is 29.8 Å². The summed E-state index contributed by atoms with van der Waals surface area (Å²) in [6, 6.07) is 0.371. The molecule has 0 aliphatic carbocycles. The molecule has 0 saturated carbocycles. The largest absolute Gasteiger partial charge is 0.468 e. The summed E-state index contributed by atoms with van der Waals surface area (Å²) < 4.78 is 5.03. The average molecular weight is 224 g/mol. The maximum Gasteiger partial charge on any atom is 0.290 e. The van der Waals surface area contributed by atoms with Gasteiger partial charge < -0.3 is 9.84 Å². The van der Waals surface area contributed by atoms with E-state index < -0.39 is 0 Å². The molecule has 6 heteroatoms. The highest BCUT2D eigenvalue weighted by Gasteiger charge is 2.07. The Hall–Kier alpha value is -1.69. The number of nitrogens with zero attached hydrogens (tertiary/aromatic N) is 3. The summed E-state index contributed by atoms with van der Waals surface area (Å²) in [7, 11) is 1.52. The van der Waals surface area contributed by atoms with Gasteiger partial charge in [0.25, 0.3) is 6.02 Å². The molecule has 0 bridgehead atoms. The predicted molar refractivity (Wildman–Crippen MR) is 61.3 cm³/mol. The highest BCUT2D eigenvalue weighted by atomic mass is 16.5. The first-order valence-corrected chi connectivity index (χ1v) is 5.00. The van der Waals surface area contributed by atoms with Crippen molar-refractivity contribution < 1.29 is 9.84 Å². The molecule has 1 aromatic rings. The van der Waals surface area contributed by atoms with Crippen molar-refractivity contribution in [1.29, 1.82) is 0 Å². The summed E-state index contributed by atoms with van der Waals surface area (Å²) in [6.07, 6.45) is 1.57. The third kappa shape index (κ3) is 3.16. The SMILES string of the molecule is CCN=C(Nc1nc(C)ncc1CO)OC. The lowest BCUT2D eigenvalue weighted by atomic mass is 10.3. The Morgan fingerprint density at radius 3 is 2.94 bits per heavy atom. The van der Waals surface area contributed by atoms with E-state index in [1.165, 1.54) is 7.11 Å². The number of amidine groups is 1. The first-order valence-electron chi connectivity index (χ1n) is 5.00.